The van der Waals surface area contributed by atoms with Crippen LogP contribution in [-0.2, 0) is 6.54 Å². The molecule has 2 rings (SSSR count). The molecule has 19 heavy (non-hydrogen) atoms. The van der Waals surface area contributed by atoms with Crippen molar-refractivity contribution in [1.29, 1.82) is 0 Å². The van der Waals surface area contributed by atoms with Crippen molar-refractivity contribution in [3.8, 4) is 0 Å². The molecule has 0 bridgehead atoms. The van der Waals surface area contributed by atoms with Crippen molar-refractivity contribution < 1.29 is 0 Å². The second kappa shape index (κ2) is 7.22. The molecule has 0 aliphatic carbocycles. The van der Waals surface area contributed by atoms with Gasteiger partial charge in [0, 0.05) is 33.0 Å². The summed E-state index contributed by atoms with van der Waals surface area (Å²) >= 11 is 5.31. The Bertz CT molecular complexity index is 506. The number of thiophene rings is 1. The lowest BCUT2D eigenvalue weighted by atomic mass is 10.1. The molecule has 0 fully saturated rings. The highest BCUT2D eigenvalue weighted by atomic mass is 79.9. The van der Waals surface area contributed by atoms with E-state index in [2.05, 4.69) is 57.8 Å². The van der Waals surface area contributed by atoms with Gasteiger partial charge in [0.1, 0.15) is 0 Å². The predicted molar refractivity (Wildman–Crippen MR) is 84.7 cm³/mol. The Balaban J connectivity index is 2.20. The van der Waals surface area contributed by atoms with Gasteiger partial charge >= 0.3 is 0 Å². The number of rotatable bonds is 7. The maximum atomic E-state index is 4.44. The summed E-state index contributed by atoms with van der Waals surface area (Å²) in [5.74, 6) is 0. The first-order valence-corrected chi connectivity index (χ1v) is 8.41. The van der Waals surface area contributed by atoms with Crippen molar-refractivity contribution in [1.82, 2.24) is 15.1 Å². The molecule has 0 amide bonds. The zero-order chi connectivity index (χ0) is 13.7. The van der Waals surface area contributed by atoms with Crippen LogP contribution >= 0.6 is 27.3 Å². The summed E-state index contributed by atoms with van der Waals surface area (Å²) in [4.78, 5) is 1.33. The molecule has 104 valence electrons. The summed E-state index contributed by atoms with van der Waals surface area (Å²) < 4.78 is 3.18. The Morgan fingerprint density at radius 1 is 1.42 bits per heavy atom. The van der Waals surface area contributed by atoms with E-state index in [1.165, 1.54) is 10.4 Å². The van der Waals surface area contributed by atoms with Crippen LogP contribution in [0.4, 0.5) is 0 Å². The van der Waals surface area contributed by atoms with Crippen LogP contribution in [0.5, 0.6) is 0 Å². The molecule has 0 saturated heterocycles. The Morgan fingerprint density at radius 3 is 2.89 bits per heavy atom. The molecular weight excluding hydrogens is 322 g/mol. The monoisotopic (exact) mass is 341 g/mol. The number of nitrogens with one attached hydrogen (secondary N) is 1. The van der Waals surface area contributed by atoms with Crippen molar-refractivity contribution in [2.75, 3.05) is 6.54 Å². The van der Waals surface area contributed by atoms with E-state index in [4.69, 9.17) is 0 Å². The van der Waals surface area contributed by atoms with E-state index in [9.17, 15) is 0 Å². The Morgan fingerprint density at radius 2 is 2.26 bits per heavy atom. The van der Waals surface area contributed by atoms with Gasteiger partial charge in [0.2, 0.25) is 0 Å². The summed E-state index contributed by atoms with van der Waals surface area (Å²) in [6.07, 6.45) is 6.38. The van der Waals surface area contributed by atoms with Gasteiger partial charge < -0.3 is 5.32 Å². The quantitative estimate of drug-likeness (QED) is 0.817. The topological polar surface area (TPSA) is 29.9 Å². The number of hydrogen-bond acceptors (Lipinski definition) is 3. The zero-order valence-electron chi connectivity index (χ0n) is 11.4. The number of aryl methyl sites for hydroxylation is 1. The molecule has 2 aromatic rings. The van der Waals surface area contributed by atoms with Gasteiger partial charge in [-0.3, -0.25) is 4.68 Å². The lowest BCUT2D eigenvalue weighted by Gasteiger charge is -2.15. The summed E-state index contributed by atoms with van der Waals surface area (Å²) in [6.45, 7) is 6.35. The SMILES string of the molecule is CCCNC(c1cnn(CCC)c1)c1cc(Br)cs1. The largest absolute Gasteiger partial charge is 0.306 e. The highest BCUT2D eigenvalue weighted by Crippen LogP contribution is 2.30. The van der Waals surface area contributed by atoms with Gasteiger partial charge in [-0.05, 0) is 41.4 Å². The fourth-order valence-electron chi connectivity index (χ4n) is 2.03. The molecule has 3 nitrogen and oxygen atoms in total. The minimum Gasteiger partial charge on any atom is -0.306 e. The molecule has 2 heterocycles. The van der Waals surface area contributed by atoms with E-state index < -0.39 is 0 Å². The van der Waals surface area contributed by atoms with Crippen LogP contribution in [-0.4, -0.2) is 16.3 Å². The van der Waals surface area contributed by atoms with Crippen molar-refractivity contribution in [2.45, 2.75) is 39.3 Å². The van der Waals surface area contributed by atoms with E-state index in [1.807, 2.05) is 10.9 Å². The fraction of sp³-hybridized carbons (Fsp3) is 0.500. The molecule has 5 heteroatoms. The third-order valence-electron chi connectivity index (χ3n) is 2.91. The molecule has 0 radical (unpaired) electrons. The van der Waals surface area contributed by atoms with Crippen molar-refractivity contribution in [3.05, 3.63) is 38.8 Å². The van der Waals surface area contributed by atoms with Crippen LogP contribution in [0.25, 0.3) is 0 Å². The lowest BCUT2D eigenvalue weighted by molar-refractivity contribution is 0.592. The van der Waals surface area contributed by atoms with Gasteiger partial charge in [0.15, 0.2) is 0 Å². The van der Waals surface area contributed by atoms with Gasteiger partial charge in [0.25, 0.3) is 0 Å². The molecule has 1 unspecified atom stereocenters. The summed E-state index contributed by atoms with van der Waals surface area (Å²) in [7, 11) is 0. The van der Waals surface area contributed by atoms with Crippen LogP contribution in [0.2, 0.25) is 0 Å². The predicted octanol–water partition coefficient (Wildman–Crippen LogP) is 4.21. The molecule has 0 saturated carbocycles. The third-order valence-corrected chi connectivity index (χ3v) is 4.67. The molecule has 0 spiro atoms. The van der Waals surface area contributed by atoms with Crippen molar-refractivity contribution in [2.24, 2.45) is 0 Å². The minimum atomic E-state index is 0.252. The standard InChI is InChI=1S/C14H20BrN3S/c1-3-5-16-14(13-7-12(15)10-19-13)11-8-17-18(9-11)6-4-2/h7-10,14,16H,3-6H2,1-2H3. The number of hydrogen-bond donors (Lipinski definition) is 1. The summed E-state index contributed by atoms with van der Waals surface area (Å²) in [5, 5.41) is 10.2. The zero-order valence-corrected chi connectivity index (χ0v) is 13.8. The van der Waals surface area contributed by atoms with Crippen molar-refractivity contribution >= 4 is 27.3 Å². The molecular formula is C14H20BrN3S. The fourth-order valence-corrected chi connectivity index (χ4v) is 3.58. The number of aromatic nitrogens is 2. The first kappa shape index (κ1) is 14.8. The van der Waals surface area contributed by atoms with Crippen molar-refractivity contribution in [3.63, 3.8) is 0 Å². The van der Waals surface area contributed by atoms with E-state index in [0.29, 0.717) is 0 Å². The molecule has 0 aliphatic rings. The van der Waals surface area contributed by atoms with Crippen LogP contribution in [0.1, 0.15) is 43.2 Å². The Labute approximate surface area is 127 Å². The normalized spacial score (nSPS) is 12.8. The second-order valence-corrected chi connectivity index (χ2v) is 6.45. The number of nitrogens with zero attached hydrogens (tertiary/aromatic N) is 2. The van der Waals surface area contributed by atoms with Gasteiger partial charge in [-0.2, -0.15) is 5.10 Å². The first-order valence-electron chi connectivity index (χ1n) is 6.74. The van der Waals surface area contributed by atoms with E-state index >= 15 is 0 Å². The van der Waals surface area contributed by atoms with Gasteiger partial charge in [0.05, 0.1) is 12.2 Å². The van der Waals surface area contributed by atoms with E-state index in [-0.39, 0.29) is 6.04 Å². The Kier molecular flexibility index (Phi) is 5.60. The summed E-state index contributed by atoms with van der Waals surface area (Å²) in [5.41, 5.74) is 1.25. The van der Waals surface area contributed by atoms with Crippen LogP contribution < -0.4 is 5.32 Å². The lowest BCUT2D eigenvalue weighted by Crippen LogP contribution is -2.22. The second-order valence-electron chi connectivity index (χ2n) is 4.59. The maximum absolute atomic E-state index is 4.44. The molecule has 1 atom stereocenters. The van der Waals surface area contributed by atoms with Crippen LogP contribution in [0.3, 0.4) is 0 Å². The minimum absolute atomic E-state index is 0.252. The highest BCUT2D eigenvalue weighted by molar-refractivity contribution is 9.10. The first-order chi connectivity index (χ1) is 9.24. The highest BCUT2D eigenvalue weighted by Gasteiger charge is 2.17. The molecule has 0 aliphatic heterocycles. The number of halogens is 1. The molecule has 0 aromatic carbocycles. The van der Waals surface area contributed by atoms with E-state index in [0.717, 1.165) is 30.4 Å². The van der Waals surface area contributed by atoms with E-state index in [1.54, 1.807) is 11.3 Å². The molecule has 2 aromatic heterocycles. The molecule has 1 N–H and O–H groups in total. The van der Waals surface area contributed by atoms with Crippen LogP contribution in [0.15, 0.2) is 28.3 Å². The Hall–Kier alpha value is -0.650. The smallest absolute Gasteiger partial charge is 0.0702 e. The summed E-state index contributed by atoms with van der Waals surface area (Å²) in [6, 6.07) is 2.44. The van der Waals surface area contributed by atoms with Gasteiger partial charge in [-0.25, -0.2) is 0 Å². The van der Waals surface area contributed by atoms with Gasteiger partial charge in [-0.15, -0.1) is 11.3 Å². The maximum Gasteiger partial charge on any atom is 0.0702 e. The van der Waals surface area contributed by atoms with Crippen LogP contribution in [0, 0.1) is 0 Å². The third kappa shape index (κ3) is 3.91. The van der Waals surface area contributed by atoms with Gasteiger partial charge in [-0.1, -0.05) is 13.8 Å². The average Bonchev–Trinajstić information content (AvgIpc) is 3.01. The average molecular weight is 342 g/mol.